The third kappa shape index (κ3) is 2.74. The Balaban J connectivity index is 2.35. The van der Waals surface area contributed by atoms with Crippen molar-refractivity contribution < 1.29 is 8.42 Å². The van der Waals surface area contributed by atoms with Gasteiger partial charge in [0, 0.05) is 31.9 Å². The van der Waals surface area contributed by atoms with E-state index in [-0.39, 0.29) is 6.04 Å². The molecule has 1 aliphatic rings. The molecule has 1 aromatic rings. The van der Waals surface area contributed by atoms with E-state index in [1.54, 1.807) is 23.5 Å². The van der Waals surface area contributed by atoms with Crippen molar-refractivity contribution in [3.63, 3.8) is 0 Å². The van der Waals surface area contributed by atoms with E-state index in [4.69, 9.17) is 0 Å². The topological polar surface area (TPSA) is 62.3 Å². The highest BCUT2D eigenvalue weighted by Crippen LogP contribution is 2.29. The Bertz CT molecular complexity index is 545. The van der Waals surface area contributed by atoms with Crippen LogP contribution in [0.5, 0.6) is 0 Å². The summed E-state index contributed by atoms with van der Waals surface area (Å²) < 4.78 is 27.0. The van der Waals surface area contributed by atoms with Crippen molar-refractivity contribution in [1.82, 2.24) is 9.29 Å². The molecule has 0 amide bonds. The van der Waals surface area contributed by atoms with Crippen molar-refractivity contribution in [2.75, 3.05) is 18.9 Å². The highest BCUT2D eigenvalue weighted by atomic mass is 32.2. The average Bonchev–Trinajstić information content (AvgIpc) is 2.41. The van der Waals surface area contributed by atoms with E-state index in [1.165, 1.54) is 6.20 Å². The van der Waals surface area contributed by atoms with E-state index in [0.717, 1.165) is 12.8 Å². The second-order valence-corrected chi connectivity index (χ2v) is 6.99. The van der Waals surface area contributed by atoms with E-state index >= 15 is 0 Å². The molecule has 2 rings (SSSR count). The molecule has 106 valence electrons. The first-order valence-corrected chi connectivity index (χ1v) is 8.06. The van der Waals surface area contributed by atoms with Gasteiger partial charge in [-0.25, -0.2) is 13.4 Å². The van der Waals surface area contributed by atoms with Crippen molar-refractivity contribution in [2.24, 2.45) is 5.92 Å². The summed E-state index contributed by atoms with van der Waals surface area (Å²) in [5.74, 6) is 0.966. The number of piperidine rings is 1. The summed E-state index contributed by atoms with van der Waals surface area (Å²) in [4.78, 5) is 4.37. The molecule has 5 nitrogen and oxygen atoms in total. The number of aromatic nitrogens is 1. The zero-order valence-electron chi connectivity index (χ0n) is 11.6. The van der Waals surface area contributed by atoms with E-state index in [2.05, 4.69) is 17.2 Å². The van der Waals surface area contributed by atoms with Crippen molar-refractivity contribution in [3.05, 3.63) is 18.3 Å². The minimum atomic E-state index is -3.42. The molecule has 0 spiro atoms. The van der Waals surface area contributed by atoms with Crippen LogP contribution in [-0.2, 0) is 10.0 Å². The number of sulfonamides is 1. The summed E-state index contributed by atoms with van der Waals surface area (Å²) in [7, 11) is -1.70. The van der Waals surface area contributed by atoms with Crippen LogP contribution in [0.2, 0.25) is 0 Å². The Hall–Kier alpha value is -1.14. The second-order valence-electron chi connectivity index (χ2n) is 5.10. The number of anilines is 1. The van der Waals surface area contributed by atoms with E-state index in [0.29, 0.717) is 23.2 Å². The number of nitrogens with zero attached hydrogens (tertiary/aromatic N) is 2. The fraction of sp³-hybridized carbons (Fsp3) is 0.615. The van der Waals surface area contributed by atoms with Crippen molar-refractivity contribution in [1.29, 1.82) is 0 Å². The first kappa shape index (κ1) is 14.3. The molecular weight excluding hydrogens is 262 g/mol. The molecule has 0 aromatic carbocycles. The molecule has 2 atom stereocenters. The lowest BCUT2D eigenvalue weighted by Gasteiger charge is -2.36. The molecule has 1 aliphatic heterocycles. The van der Waals surface area contributed by atoms with Crippen LogP contribution in [-0.4, -0.2) is 37.3 Å². The van der Waals surface area contributed by atoms with Crippen molar-refractivity contribution >= 4 is 15.8 Å². The zero-order chi connectivity index (χ0) is 14.0. The van der Waals surface area contributed by atoms with Gasteiger partial charge in [0.25, 0.3) is 0 Å². The molecule has 0 bridgehead atoms. The Morgan fingerprint density at radius 1 is 1.42 bits per heavy atom. The number of hydrogen-bond acceptors (Lipinski definition) is 4. The first-order chi connectivity index (χ1) is 8.96. The predicted octanol–water partition coefficient (Wildman–Crippen LogP) is 1.93. The lowest BCUT2D eigenvalue weighted by molar-refractivity contribution is 0.202. The fourth-order valence-corrected chi connectivity index (χ4v) is 4.26. The molecule has 2 unspecified atom stereocenters. The number of pyridine rings is 1. The Labute approximate surface area is 115 Å². The molecule has 2 heterocycles. The molecule has 1 saturated heterocycles. The molecule has 1 aromatic heterocycles. The Kier molecular flexibility index (Phi) is 4.10. The first-order valence-electron chi connectivity index (χ1n) is 6.62. The quantitative estimate of drug-likeness (QED) is 0.920. The molecule has 0 aliphatic carbocycles. The summed E-state index contributed by atoms with van der Waals surface area (Å²) >= 11 is 0. The minimum absolute atomic E-state index is 0.0463. The maximum Gasteiger partial charge on any atom is 0.243 e. The maximum absolute atomic E-state index is 12.7. The Morgan fingerprint density at radius 2 is 2.16 bits per heavy atom. The van der Waals surface area contributed by atoms with Crippen LogP contribution in [0.25, 0.3) is 0 Å². The largest absolute Gasteiger partial charge is 0.373 e. The monoisotopic (exact) mass is 283 g/mol. The minimum Gasteiger partial charge on any atom is -0.373 e. The molecule has 19 heavy (non-hydrogen) atoms. The van der Waals surface area contributed by atoms with Gasteiger partial charge in [-0.2, -0.15) is 4.31 Å². The number of hydrogen-bond donors (Lipinski definition) is 1. The number of rotatable bonds is 3. The van der Waals surface area contributed by atoms with Crippen molar-refractivity contribution in [2.45, 2.75) is 37.6 Å². The van der Waals surface area contributed by atoms with Gasteiger partial charge in [0.15, 0.2) is 0 Å². The predicted molar refractivity (Wildman–Crippen MR) is 75.5 cm³/mol. The van der Waals surface area contributed by atoms with Crippen molar-refractivity contribution in [3.8, 4) is 0 Å². The lowest BCUT2D eigenvalue weighted by Crippen LogP contribution is -2.45. The van der Waals surface area contributed by atoms with Gasteiger partial charge in [0.05, 0.1) is 4.90 Å². The van der Waals surface area contributed by atoms with Gasteiger partial charge >= 0.3 is 0 Å². The summed E-state index contributed by atoms with van der Waals surface area (Å²) in [5, 5.41) is 2.87. The molecule has 0 saturated carbocycles. The molecule has 0 radical (unpaired) electrons. The molecule has 1 N–H and O–H groups in total. The van der Waals surface area contributed by atoms with Gasteiger partial charge in [0.2, 0.25) is 10.0 Å². The summed E-state index contributed by atoms with van der Waals surface area (Å²) in [6.07, 6.45) is 3.54. The normalized spacial score (nSPS) is 25.2. The second kappa shape index (κ2) is 5.46. The SMILES string of the molecule is CNc1cc(S(=O)(=O)N2CCCC(C)C2C)ccn1. The summed E-state index contributed by atoms with van der Waals surface area (Å²) in [5.41, 5.74) is 0. The summed E-state index contributed by atoms with van der Waals surface area (Å²) in [6.45, 7) is 4.70. The van der Waals surface area contributed by atoms with Crippen LogP contribution >= 0.6 is 0 Å². The van der Waals surface area contributed by atoms with E-state index in [9.17, 15) is 8.42 Å². The summed E-state index contributed by atoms with van der Waals surface area (Å²) in [6, 6.07) is 3.19. The zero-order valence-corrected chi connectivity index (χ0v) is 12.4. The number of nitrogens with one attached hydrogen (secondary N) is 1. The van der Waals surface area contributed by atoms with E-state index < -0.39 is 10.0 Å². The molecular formula is C13H21N3O2S. The maximum atomic E-state index is 12.7. The third-order valence-electron chi connectivity index (χ3n) is 3.91. The standard InChI is InChI=1S/C13H21N3O2S/c1-10-5-4-8-16(11(10)2)19(17,18)12-6-7-15-13(9-12)14-3/h6-7,9-11H,4-5,8H2,1-3H3,(H,14,15). The van der Waals surface area contributed by atoms with Crippen LogP contribution in [0.4, 0.5) is 5.82 Å². The molecule has 6 heteroatoms. The van der Waals surface area contributed by atoms with Gasteiger partial charge in [-0.15, -0.1) is 0 Å². The van der Waals surface area contributed by atoms with E-state index in [1.807, 2.05) is 6.92 Å². The van der Waals surface area contributed by atoms with Crippen LogP contribution in [0, 0.1) is 5.92 Å². The van der Waals surface area contributed by atoms with Crippen LogP contribution in [0.3, 0.4) is 0 Å². The Morgan fingerprint density at radius 3 is 2.84 bits per heavy atom. The third-order valence-corrected chi connectivity index (χ3v) is 5.89. The van der Waals surface area contributed by atoms with Gasteiger partial charge in [-0.1, -0.05) is 6.92 Å². The molecule has 1 fully saturated rings. The van der Waals surface area contributed by atoms with Gasteiger partial charge in [-0.05, 0) is 31.7 Å². The van der Waals surface area contributed by atoms with Crippen LogP contribution in [0.15, 0.2) is 23.2 Å². The average molecular weight is 283 g/mol. The smallest absolute Gasteiger partial charge is 0.243 e. The highest BCUT2D eigenvalue weighted by Gasteiger charge is 2.34. The van der Waals surface area contributed by atoms with Gasteiger partial charge in [-0.3, -0.25) is 0 Å². The van der Waals surface area contributed by atoms with Crippen LogP contribution in [0.1, 0.15) is 26.7 Å². The van der Waals surface area contributed by atoms with Crippen LogP contribution < -0.4 is 5.32 Å². The van der Waals surface area contributed by atoms with Gasteiger partial charge < -0.3 is 5.32 Å². The lowest BCUT2D eigenvalue weighted by atomic mass is 9.94. The van der Waals surface area contributed by atoms with Gasteiger partial charge in [0.1, 0.15) is 5.82 Å². The fourth-order valence-electron chi connectivity index (χ4n) is 2.48. The highest BCUT2D eigenvalue weighted by molar-refractivity contribution is 7.89.